The lowest BCUT2D eigenvalue weighted by molar-refractivity contribution is 0.0949. The molecule has 1 aromatic carbocycles. The van der Waals surface area contributed by atoms with E-state index in [4.69, 9.17) is 10.5 Å². The van der Waals surface area contributed by atoms with Crippen LogP contribution in [0.2, 0.25) is 0 Å². The fourth-order valence-corrected chi connectivity index (χ4v) is 1.98. The van der Waals surface area contributed by atoms with E-state index in [1.165, 1.54) is 13.3 Å². The Kier molecular flexibility index (Phi) is 5.06. The molecule has 0 fully saturated rings. The lowest BCUT2D eigenvalue weighted by Gasteiger charge is -2.09. The van der Waals surface area contributed by atoms with Gasteiger partial charge in [-0.05, 0) is 25.0 Å². The first-order valence-corrected chi connectivity index (χ1v) is 7.01. The molecule has 116 valence electrons. The predicted molar refractivity (Wildman–Crippen MR) is 83.5 cm³/mol. The first-order chi connectivity index (χ1) is 10.5. The standard InChI is InChI=1S/C16H20N4O2/c1-10(17)13-6-4-12(5-7-13)8-18-15(21)14-9-19-16(22-3)20-11(14)2/h4-7,9-10H,8,17H2,1-3H3,(H,18,21). The molecule has 0 spiro atoms. The first kappa shape index (κ1) is 15.9. The second-order valence-corrected chi connectivity index (χ2v) is 5.07. The highest BCUT2D eigenvalue weighted by molar-refractivity contribution is 5.94. The molecule has 3 N–H and O–H groups in total. The number of benzene rings is 1. The minimum Gasteiger partial charge on any atom is -0.467 e. The van der Waals surface area contributed by atoms with Crippen molar-refractivity contribution < 1.29 is 9.53 Å². The molecule has 2 aromatic rings. The number of nitrogens with one attached hydrogen (secondary N) is 1. The van der Waals surface area contributed by atoms with E-state index in [-0.39, 0.29) is 18.0 Å². The van der Waals surface area contributed by atoms with Gasteiger partial charge in [-0.1, -0.05) is 24.3 Å². The maximum absolute atomic E-state index is 12.2. The van der Waals surface area contributed by atoms with Crippen molar-refractivity contribution in [2.75, 3.05) is 7.11 Å². The molecule has 0 aliphatic heterocycles. The Balaban J connectivity index is 2.00. The molecule has 0 saturated heterocycles. The van der Waals surface area contributed by atoms with Gasteiger partial charge in [-0.2, -0.15) is 4.98 Å². The third kappa shape index (κ3) is 3.79. The van der Waals surface area contributed by atoms with Crippen LogP contribution in [0.3, 0.4) is 0 Å². The molecular formula is C16H20N4O2. The first-order valence-electron chi connectivity index (χ1n) is 7.01. The van der Waals surface area contributed by atoms with E-state index >= 15 is 0 Å². The highest BCUT2D eigenvalue weighted by Crippen LogP contribution is 2.12. The number of amides is 1. The van der Waals surface area contributed by atoms with Gasteiger partial charge in [-0.25, -0.2) is 4.98 Å². The zero-order valence-electron chi connectivity index (χ0n) is 13.0. The van der Waals surface area contributed by atoms with Crippen molar-refractivity contribution in [2.24, 2.45) is 5.73 Å². The molecule has 1 atom stereocenters. The average Bonchev–Trinajstić information content (AvgIpc) is 2.52. The Morgan fingerprint density at radius 2 is 2.05 bits per heavy atom. The van der Waals surface area contributed by atoms with Gasteiger partial charge in [0.05, 0.1) is 18.4 Å². The van der Waals surface area contributed by atoms with E-state index < -0.39 is 0 Å². The fraction of sp³-hybridized carbons (Fsp3) is 0.312. The number of carbonyl (C=O) groups is 1. The summed E-state index contributed by atoms with van der Waals surface area (Å²) in [6, 6.07) is 8.09. The fourth-order valence-electron chi connectivity index (χ4n) is 1.98. The summed E-state index contributed by atoms with van der Waals surface area (Å²) in [6.45, 7) is 4.11. The number of ether oxygens (including phenoxy) is 1. The lowest BCUT2D eigenvalue weighted by Crippen LogP contribution is -2.24. The summed E-state index contributed by atoms with van der Waals surface area (Å²) < 4.78 is 4.93. The Morgan fingerprint density at radius 3 is 2.59 bits per heavy atom. The van der Waals surface area contributed by atoms with Gasteiger partial charge < -0.3 is 15.8 Å². The normalized spacial score (nSPS) is 11.8. The summed E-state index contributed by atoms with van der Waals surface area (Å²) >= 11 is 0. The number of methoxy groups -OCH3 is 1. The van der Waals surface area contributed by atoms with Gasteiger partial charge >= 0.3 is 6.01 Å². The summed E-state index contributed by atoms with van der Waals surface area (Å²) in [6.07, 6.45) is 1.47. The van der Waals surface area contributed by atoms with Gasteiger partial charge in [0.2, 0.25) is 0 Å². The molecule has 6 nitrogen and oxygen atoms in total. The molecule has 0 aliphatic rings. The van der Waals surface area contributed by atoms with Crippen LogP contribution in [0.25, 0.3) is 0 Å². The largest absolute Gasteiger partial charge is 0.467 e. The highest BCUT2D eigenvalue weighted by atomic mass is 16.5. The van der Waals surface area contributed by atoms with Gasteiger partial charge in [0.1, 0.15) is 0 Å². The van der Waals surface area contributed by atoms with Gasteiger partial charge in [0, 0.05) is 18.8 Å². The van der Waals surface area contributed by atoms with Crippen LogP contribution in [0.15, 0.2) is 30.5 Å². The molecule has 6 heteroatoms. The molecule has 1 heterocycles. The van der Waals surface area contributed by atoms with Crippen molar-refractivity contribution in [3.63, 3.8) is 0 Å². The zero-order chi connectivity index (χ0) is 16.1. The van der Waals surface area contributed by atoms with Gasteiger partial charge in [0.25, 0.3) is 5.91 Å². The molecule has 0 radical (unpaired) electrons. The van der Waals surface area contributed by atoms with E-state index in [1.807, 2.05) is 31.2 Å². The van der Waals surface area contributed by atoms with E-state index in [2.05, 4.69) is 15.3 Å². The molecule has 1 amide bonds. The third-order valence-corrected chi connectivity index (χ3v) is 3.34. The van der Waals surface area contributed by atoms with Crippen molar-refractivity contribution in [2.45, 2.75) is 26.4 Å². The quantitative estimate of drug-likeness (QED) is 0.878. The van der Waals surface area contributed by atoms with Crippen LogP contribution in [-0.4, -0.2) is 23.0 Å². The predicted octanol–water partition coefficient (Wildman–Crippen LogP) is 1.74. The number of rotatable bonds is 5. The molecule has 0 saturated carbocycles. The van der Waals surface area contributed by atoms with E-state index in [0.29, 0.717) is 17.8 Å². The minimum atomic E-state index is -0.212. The highest BCUT2D eigenvalue weighted by Gasteiger charge is 2.11. The number of aryl methyl sites for hydroxylation is 1. The van der Waals surface area contributed by atoms with Crippen LogP contribution in [0.4, 0.5) is 0 Å². The Bertz CT molecular complexity index is 654. The molecule has 1 aromatic heterocycles. The van der Waals surface area contributed by atoms with E-state index in [9.17, 15) is 4.79 Å². The number of hydrogen-bond acceptors (Lipinski definition) is 5. The number of nitrogens with zero attached hydrogens (tertiary/aromatic N) is 2. The van der Waals surface area contributed by atoms with Gasteiger partial charge in [0.15, 0.2) is 0 Å². The summed E-state index contributed by atoms with van der Waals surface area (Å²) in [5.74, 6) is -0.212. The van der Waals surface area contributed by atoms with Crippen molar-refractivity contribution in [3.05, 3.63) is 52.8 Å². The van der Waals surface area contributed by atoms with Crippen LogP contribution in [0, 0.1) is 6.92 Å². The molecule has 0 aliphatic carbocycles. The van der Waals surface area contributed by atoms with Crippen LogP contribution >= 0.6 is 0 Å². The van der Waals surface area contributed by atoms with Crippen LogP contribution in [0.5, 0.6) is 6.01 Å². The summed E-state index contributed by atoms with van der Waals surface area (Å²) in [5, 5.41) is 2.85. The molecule has 0 bridgehead atoms. The number of carbonyl (C=O) groups excluding carboxylic acids is 1. The molecule has 1 unspecified atom stereocenters. The van der Waals surface area contributed by atoms with Crippen molar-refractivity contribution in [1.29, 1.82) is 0 Å². The lowest BCUT2D eigenvalue weighted by atomic mass is 10.1. The monoisotopic (exact) mass is 300 g/mol. The van der Waals surface area contributed by atoms with Crippen LogP contribution in [0.1, 0.15) is 40.1 Å². The SMILES string of the molecule is COc1ncc(C(=O)NCc2ccc(C(C)N)cc2)c(C)n1. The molecular weight excluding hydrogens is 280 g/mol. The topological polar surface area (TPSA) is 90.1 Å². The summed E-state index contributed by atoms with van der Waals surface area (Å²) in [7, 11) is 1.49. The van der Waals surface area contributed by atoms with Crippen LogP contribution < -0.4 is 15.8 Å². The maximum atomic E-state index is 12.2. The third-order valence-electron chi connectivity index (χ3n) is 3.34. The maximum Gasteiger partial charge on any atom is 0.316 e. The number of aromatic nitrogens is 2. The van der Waals surface area contributed by atoms with Gasteiger partial charge in [-0.3, -0.25) is 4.79 Å². The average molecular weight is 300 g/mol. The van der Waals surface area contributed by atoms with Gasteiger partial charge in [-0.15, -0.1) is 0 Å². The van der Waals surface area contributed by atoms with E-state index in [0.717, 1.165) is 11.1 Å². The van der Waals surface area contributed by atoms with Crippen molar-refractivity contribution >= 4 is 5.91 Å². The Labute approximate surface area is 129 Å². The number of hydrogen-bond donors (Lipinski definition) is 2. The van der Waals surface area contributed by atoms with Crippen LogP contribution in [-0.2, 0) is 6.54 Å². The summed E-state index contributed by atoms with van der Waals surface area (Å²) in [4.78, 5) is 20.2. The summed E-state index contributed by atoms with van der Waals surface area (Å²) in [5.41, 5.74) is 8.90. The number of nitrogens with two attached hydrogens (primary N) is 1. The zero-order valence-corrected chi connectivity index (χ0v) is 13.0. The second kappa shape index (κ2) is 7.00. The minimum absolute atomic E-state index is 0.00254. The van der Waals surface area contributed by atoms with E-state index in [1.54, 1.807) is 6.92 Å². The molecule has 22 heavy (non-hydrogen) atoms. The molecule has 2 rings (SSSR count). The Morgan fingerprint density at radius 1 is 1.36 bits per heavy atom. The van der Waals surface area contributed by atoms with Crippen molar-refractivity contribution in [3.8, 4) is 6.01 Å². The Hall–Kier alpha value is -2.47. The smallest absolute Gasteiger partial charge is 0.316 e. The van der Waals surface area contributed by atoms with Crippen molar-refractivity contribution in [1.82, 2.24) is 15.3 Å². The second-order valence-electron chi connectivity index (χ2n) is 5.07.